The van der Waals surface area contributed by atoms with Gasteiger partial charge in [-0.2, -0.15) is 13.2 Å². The Balaban J connectivity index is 1.94. The first-order valence-electron chi connectivity index (χ1n) is 9.23. The van der Waals surface area contributed by atoms with E-state index in [2.05, 4.69) is 5.32 Å². The summed E-state index contributed by atoms with van der Waals surface area (Å²) in [6.07, 6.45) is -4.41. The molecule has 0 aliphatic carbocycles. The van der Waals surface area contributed by atoms with Gasteiger partial charge in [0.05, 0.1) is 24.8 Å². The molecule has 29 heavy (non-hydrogen) atoms. The molecule has 2 aromatic rings. The predicted octanol–water partition coefficient (Wildman–Crippen LogP) is 4.76. The fourth-order valence-electron chi connectivity index (χ4n) is 2.59. The second-order valence-electron chi connectivity index (χ2n) is 6.17. The van der Waals surface area contributed by atoms with E-state index in [-0.39, 0.29) is 18.4 Å². The Labute approximate surface area is 167 Å². The molecule has 0 aromatic heterocycles. The van der Waals surface area contributed by atoms with E-state index in [4.69, 9.17) is 14.2 Å². The van der Waals surface area contributed by atoms with E-state index in [0.717, 1.165) is 17.7 Å². The first-order chi connectivity index (χ1) is 13.7. The molecule has 0 aliphatic heterocycles. The number of hydrogen-bond acceptors (Lipinski definition) is 4. The fourth-order valence-corrected chi connectivity index (χ4v) is 2.59. The molecule has 2 aromatic carbocycles. The van der Waals surface area contributed by atoms with Crippen LogP contribution in [0, 0.1) is 0 Å². The van der Waals surface area contributed by atoms with Gasteiger partial charge in [0.15, 0.2) is 18.1 Å². The molecule has 0 saturated carbocycles. The highest BCUT2D eigenvalue weighted by Gasteiger charge is 2.30. The molecular formula is C21H24F3NO4. The normalized spacial score (nSPS) is 12.2. The SMILES string of the molecule is CCOc1ccc(C(C)NC(=O)COc2ccc(C(F)(F)F)cc2)cc1OCC. The number of benzene rings is 2. The van der Waals surface area contributed by atoms with E-state index in [9.17, 15) is 18.0 Å². The van der Waals surface area contributed by atoms with Crippen LogP contribution >= 0.6 is 0 Å². The van der Waals surface area contributed by atoms with Crippen molar-refractivity contribution in [1.29, 1.82) is 0 Å². The number of ether oxygens (including phenoxy) is 3. The minimum absolute atomic E-state index is 0.181. The highest BCUT2D eigenvalue weighted by atomic mass is 19.4. The maximum Gasteiger partial charge on any atom is 0.416 e. The Hall–Kier alpha value is -2.90. The van der Waals surface area contributed by atoms with Crippen LogP contribution < -0.4 is 19.5 Å². The van der Waals surface area contributed by atoms with Crippen molar-refractivity contribution in [3.05, 3.63) is 53.6 Å². The Morgan fingerprint density at radius 1 is 0.966 bits per heavy atom. The number of carbonyl (C=O) groups is 1. The third-order valence-corrected chi connectivity index (χ3v) is 4.00. The van der Waals surface area contributed by atoms with E-state index in [1.54, 1.807) is 19.1 Å². The van der Waals surface area contributed by atoms with Gasteiger partial charge in [-0.3, -0.25) is 4.79 Å². The summed E-state index contributed by atoms with van der Waals surface area (Å²) in [7, 11) is 0. The number of nitrogens with one attached hydrogen (secondary N) is 1. The molecule has 5 nitrogen and oxygen atoms in total. The molecule has 1 amide bonds. The number of rotatable bonds is 9. The molecule has 1 N–H and O–H groups in total. The smallest absolute Gasteiger partial charge is 0.416 e. The van der Waals surface area contributed by atoms with Gasteiger partial charge in [-0.25, -0.2) is 0 Å². The van der Waals surface area contributed by atoms with Gasteiger partial charge in [0, 0.05) is 0 Å². The van der Waals surface area contributed by atoms with Crippen LogP contribution in [0.25, 0.3) is 0 Å². The average Bonchev–Trinajstić information content (AvgIpc) is 2.67. The first kappa shape index (κ1) is 22.4. The van der Waals surface area contributed by atoms with Crippen LogP contribution in [-0.4, -0.2) is 25.7 Å². The van der Waals surface area contributed by atoms with Gasteiger partial charge in [0.2, 0.25) is 0 Å². The minimum Gasteiger partial charge on any atom is -0.490 e. The van der Waals surface area contributed by atoms with Crippen molar-refractivity contribution >= 4 is 5.91 Å². The predicted molar refractivity (Wildman–Crippen MR) is 102 cm³/mol. The maximum absolute atomic E-state index is 12.6. The zero-order valence-corrected chi connectivity index (χ0v) is 16.5. The lowest BCUT2D eigenvalue weighted by Crippen LogP contribution is -2.31. The second kappa shape index (κ2) is 10.0. The van der Waals surface area contributed by atoms with Gasteiger partial charge in [-0.1, -0.05) is 6.07 Å². The van der Waals surface area contributed by atoms with E-state index in [1.165, 1.54) is 12.1 Å². The number of amides is 1. The van der Waals surface area contributed by atoms with Crippen LogP contribution in [0.2, 0.25) is 0 Å². The van der Waals surface area contributed by atoms with Gasteiger partial charge in [0.25, 0.3) is 5.91 Å². The summed E-state index contributed by atoms with van der Waals surface area (Å²) < 4.78 is 54.0. The topological polar surface area (TPSA) is 56.8 Å². The molecular weight excluding hydrogens is 387 g/mol. The lowest BCUT2D eigenvalue weighted by Gasteiger charge is -2.18. The summed E-state index contributed by atoms with van der Waals surface area (Å²) in [6, 6.07) is 9.27. The van der Waals surface area contributed by atoms with Crippen molar-refractivity contribution in [2.75, 3.05) is 19.8 Å². The zero-order valence-electron chi connectivity index (χ0n) is 16.5. The van der Waals surface area contributed by atoms with Gasteiger partial charge in [0.1, 0.15) is 5.75 Å². The molecule has 0 aliphatic rings. The van der Waals surface area contributed by atoms with E-state index in [1.807, 2.05) is 19.9 Å². The van der Waals surface area contributed by atoms with Crippen molar-refractivity contribution < 1.29 is 32.2 Å². The Morgan fingerprint density at radius 2 is 1.59 bits per heavy atom. The summed E-state index contributed by atoms with van der Waals surface area (Å²) in [5.41, 5.74) is 0.0447. The summed E-state index contributed by atoms with van der Waals surface area (Å²) in [5, 5.41) is 2.78. The van der Waals surface area contributed by atoms with Crippen molar-refractivity contribution in [2.45, 2.75) is 33.0 Å². The third-order valence-electron chi connectivity index (χ3n) is 4.00. The molecule has 0 saturated heterocycles. The third kappa shape index (κ3) is 6.58. The molecule has 1 atom stereocenters. The Kier molecular flexibility index (Phi) is 7.75. The highest BCUT2D eigenvalue weighted by molar-refractivity contribution is 5.78. The van der Waals surface area contributed by atoms with Crippen molar-refractivity contribution in [1.82, 2.24) is 5.32 Å². The largest absolute Gasteiger partial charge is 0.490 e. The zero-order chi connectivity index (χ0) is 21.4. The van der Waals surface area contributed by atoms with Crippen LogP contribution in [0.3, 0.4) is 0 Å². The van der Waals surface area contributed by atoms with Crippen molar-refractivity contribution in [3.8, 4) is 17.2 Å². The molecule has 0 spiro atoms. The van der Waals surface area contributed by atoms with Gasteiger partial charge >= 0.3 is 6.18 Å². The Morgan fingerprint density at radius 3 is 2.17 bits per heavy atom. The summed E-state index contributed by atoms with van der Waals surface area (Å²) in [4.78, 5) is 12.1. The van der Waals surface area contributed by atoms with Gasteiger partial charge in [-0.15, -0.1) is 0 Å². The van der Waals surface area contributed by atoms with E-state index >= 15 is 0 Å². The molecule has 0 fully saturated rings. The van der Waals surface area contributed by atoms with Crippen LogP contribution in [0.4, 0.5) is 13.2 Å². The quantitative estimate of drug-likeness (QED) is 0.647. The standard InChI is InChI=1S/C21H24F3NO4/c1-4-27-18-11-6-15(12-19(18)28-5-2)14(3)25-20(26)13-29-17-9-7-16(8-10-17)21(22,23)24/h6-12,14H,4-5,13H2,1-3H3,(H,25,26). The first-order valence-corrected chi connectivity index (χ1v) is 9.23. The van der Waals surface area contributed by atoms with Gasteiger partial charge < -0.3 is 19.5 Å². The van der Waals surface area contributed by atoms with Crippen molar-refractivity contribution in [2.24, 2.45) is 0 Å². The average molecular weight is 411 g/mol. The molecule has 0 bridgehead atoms. The van der Waals surface area contributed by atoms with Gasteiger partial charge in [-0.05, 0) is 62.7 Å². The fraction of sp³-hybridized carbons (Fsp3) is 0.381. The molecule has 0 radical (unpaired) electrons. The monoisotopic (exact) mass is 411 g/mol. The minimum atomic E-state index is -4.41. The number of hydrogen-bond donors (Lipinski definition) is 1. The highest BCUT2D eigenvalue weighted by Crippen LogP contribution is 2.31. The summed E-state index contributed by atoms with van der Waals surface area (Å²) in [5.74, 6) is 1.00. The van der Waals surface area contributed by atoms with Crippen LogP contribution in [-0.2, 0) is 11.0 Å². The number of carbonyl (C=O) groups excluding carboxylic acids is 1. The van der Waals surface area contributed by atoms with E-state index in [0.29, 0.717) is 24.7 Å². The molecule has 1 unspecified atom stereocenters. The van der Waals surface area contributed by atoms with Crippen molar-refractivity contribution in [3.63, 3.8) is 0 Å². The number of halogens is 3. The van der Waals surface area contributed by atoms with Crippen LogP contribution in [0.5, 0.6) is 17.2 Å². The second-order valence-corrected chi connectivity index (χ2v) is 6.17. The maximum atomic E-state index is 12.6. The summed E-state index contributed by atoms with van der Waals surface area (Å²) >= 11 is 0. The summed E-state index contributed by atoms with van der Waals surface area (Å²) in [6.45, 7) is 6.22. The molecule has 158 valence electrons. The lowest BCUT2D eigenvalue weighted by molar-refractivity contribution is -0.137. The lowest BCUT2D eigenvalue weighted by atomic mass is 10.1. The van der Waals surface area contributed by atoms with E-state index < -0.39 is 17.6 Å². The molecule has 0 heterocycles. The Bertz CT molecular complexity index is 807. The number of alkyl halides is 3. The molecule has 2 rings (SSSR count). The van der Waals surface area contributed by atoms with Crippen LogP contribution in [0.15, 0.2) is 42.5 Å². The molecule has 8 heteroatoms. The van der Waals surface area contributed by atoms with Crippen LogP contribution in [0.1, 0.15) is 37.9 Å².